The van der Waals surface area contributed by atoms with E-state index in [0.29, 0.717) is 22.1 Å². The maximum Gasteiger partial charge on any atom is 0.178 e. The van der Waals surface area contributed by atoms with Gasteiger partial charge in [0, 0.05) is 0 Å². The van der Waals surface area contributed by atoms with Gasteiger partial charge in [-0.15, -0.1) is 0 Å². The summed E-state index contributed by atoms with van der Waals surface area (Å²) in [6, 6.07) is 9.02. The van der Waals surface area contributed by atoms with Crippen LogP contribution in [0.1, 0.15) is 120 Å². The molecule has 0 radical (unpaired) electrons. The lowest BCUT2D eigenvalue weighted by Gasteiger charge is -2.61. The van der Waals surface area contributed by atoms with Crippen molar-refractivity contribution < 1.29 is 13.5 Å². The molecule has 3 nitrogen and oxygen atoms in total. The Morgan fingerprint density at radius 2 is 1.39 bits per heavy atom. The first-order valence-electron chi connectivity index (χ1n) is 16.1. The fourth-order valence-corrected chi connectivity index (χ4v) is 11.1. The van der Waals surface area contributed by atoms with Crippen LogP contribution in [0, 0.1) is 46.3 Å². The van der Waals surface area contributed by atoms with E-state index in [0.717, 1.165) is 30.6 Å². The summed E-state index contributed by atoms with van der Waals surface area (Å²) in [4.78, 5) is 0.473. The zero-order valence-corrected chi connectivity index (χ0v) is 27.0. The molecule has 38 heavy (non-hydrogen) atoms. The second-order valence-electron chi connectivity index (χ2n) is 12.4. The van der Waals surface area contributed by atoms with Gasteiger partial charge in [-0.3, -0.25) is 0 Å². The van der Waals surface area contributed by atoms with E-state index in [1.165, 1.54) is 44.9 Å². The quantitative estimate of drug-likeness (QED) is 0.408. The molecule has 0 spiro atoms. The van der Waals surface area contributed by atoms with Crippen molar-refractivity contribution >= 4 is 9.84 Å². The number of hydrogen-bond donors (Lipinski definition) is 1. The minimum Gasteiger partial charge on any atom is -0.393 e. The highest BCUT2D eigenvalue weighted by molar-refractivity contribution is 7.91. The summed E-state index contributed by atoms with van der Waals surface area (Å²) in [6.45, 7) is 19.3. The van der Waals surface area contributed by atoms with E-state index in [1.54, 1.807) is 12.1 Å². The lowest BCUT2D eigenvalue weighted by Crippen LogP contribution is -2.54. The van der Waals surface area contributed by atoms with Gasteiger partial charge in [0.2, 0.25) is 0 Å². The van der Waals surface area contributed by atoms with Crippen LogP contribution in [0.25, 0.3) is 0 Å². The number of aliphatic hydroxyl groups excluding tert-OH is 1. The van der Waals surface area contributed by atoms with Crippen molar-refractivity contribution in [2.75, 3.05) is 5.75 Å². The molecule has 0 bridgehead atoms. The minimum atomic E-state index is -3.24. The smallest absolute Gasteiger partial charge is 0.178 e. The second-order valence-corrected chi connectivity index (χ2v) is 14.4. The third kappa shape index (κ3) is 6.37. The van der Waals surface area contributed by atoms with Gasteiger partial charge in [0.25, 0.3) is 0 Å². The van der Waals surface area contributed by atoms with Crippen molar-refractivity contribution in [1.29, 1.82) is 0 Å². The van der Waals surface area contributed by atoms with Gasteiger partial charge in [-0.25, -0.2) is 8.42 Å². The minimum absolute atomic E-state index is 0.0817. The lowest BCUT2D eigenvalue weighted by atomic mass is 9.44. The maximum absolute atomic E-state index is 13.1. The first-order valence-corrected chi connectivity index (χ1v) is 17.8. The number of benzene rings is 1. The molecule has 1 aromatic carbocycles. The Bertz CT molecular complexity index is 928. The van der Waals surface area contributed by atoms with Gasteiger partial charge in [0.15, 0.2) is 9.84 Å². The van der Waals surface area contributed by atoms with Crippen LogP contribution in [0.5, 0.6) is 0 Å². The molecule has 0 amide bonds. The fourth-order valence-electron chi connectivity index (χ4n) is 9.40. The van der Waals surface area contributed by atoms with Gasteiger partial charge in [-0.05, 0) is 116 Å². The zero-order valence-electron chi connectivity index (χ0n) is 26.2. The van der Waals surface area contributed by atoms with Gasteiger partial charge in [-0.1, -0.05) is 80.5 Å². The Morgan fingerprint density at radius 1 is 0.816 bits per heavy atom. The number of hydrogen-bond acceptors (Lipinski definition) is 3. The van der Waals surface area contributed by atoms with Crippen LogP contribution in [0.4, 0.5) is 0 Å². The molecular weight excluding hydrogens is 488 g/mol. The van der Waals surface area contributed by atoms with Crippen LogP contribution in [0.2, 0.25) is 0 Å². The van der Waals surface area contributed by atoms with E-state index in [1.807, 2.05) is 59.7 Å². The summed E-state index contributed by atoms with van der Waals surface area (Å²) in [5.74, 6) is 4.02. The number of fused-ring (bicyclic) bond motifs is 5. The topological polar surface area (TPSA) is 54.4 Å². The van der Waals surface area contributed by atoms with Crippen LogP contribution >= 0.6 is 0 Å². The third-order valence-corrected chi connectivity index (χ3v) is 12.9. The Labute approximate surface area is 236 Å². The molecule has 0 aromatic heterocycles. The highest BCUT2D eigenvalue weighted by atomic mass is 32.2. The highest BCUT2D eigenvalue weighted by Gasteiger charge is 2.60. The molecule has 0 heterocycles. The van der Waals surface area contributed by atoms with E-state index >= 15 is 0 Å². The van der Waals surface area contributed by atoms with Gasteiger partial charge >= 0.3 is 0 Å². The molecule has 0 saturated heterocycles. The molecule has 1 aromatic rings. The average Bonchev–Trinajstić information content (AvgIpc) is 3.30. The molecule has 4 saturated carbocycles. The molecule has 1 N–H and O–H groups in total. The van der Waals surface area contributed by atoms with Crippen LogP contribution in [0.3, 0.4) is 0 Å². The summed E-state index contributed by atoms with van der Waals surface area (Å²) < 4.78 is 26.2. The molecule has 9 atom stereocenters. The fraction of sp³-hybridized carbons (Fsp3) is 0.824. The van der Waals surface area contributed by atoms with Crippen LogP contribution in [-0.4, -0.2) is 25.4 Å². The van der Waals surface area contributed by atoms with E-state index in [9.17, 15) is 13.5 Å². The van der Waals surface area contributed by atoms with E-state index in [-0.39, 0.29) is 23.2 Å². The van der Waals surface area contributed by atoms with Crippen molar-refractivity contribution in [1.82, 2.24) is 0 Å². The summed E-state index contributed by atoms with van der Waals surface area (Å²) in [5.41, 5.74) is 0.688. The third-order valence-electron chi connectivity index (χ3n) is 11.0. The summed E-state index contributed by atoms with van der Waals surface area (Å²) in [5, 5.41) is 10.3. The molecule has 4 heteroatoms. The predicted molar refractivity (Wildman–Crippen MR) is 163 cm³/mol. The van der Waals surface area contributed by atoms with Crippen LogP contribution in [0.15, 0.2) is 35.2 Å². The van der Waals surface area contributed by atoms with Crippen LogP contribution in [-0.2, 0) is 9.84 Å². The SMILES string of the molecule is CC.CC.CC.C[C@H](CS(=O)(=O)c1ccccc1)C1CCC2C3CCC4CC(O)CCC4(C)C3CCC21C. The van der Waals surface area contributed by atoms with Gasteiger partial charge < -0.3 is 5.11 Å². The Morgan fingerprint density at radius 3 is 2.03 bits per heavy atom. The molecule has 4 fully saturated rings. The van der Waals surface area contributed by atoms with E-state index in [2.05, 4.69) is 20.8 Å². The number of aliphatic hydroxyl groups is 1. The molecule has 0 aliphatic heterocycles. The molecule has 8 unspecified atom stereocenters. The number of rotatable bonds is 4. The monoisotopic (exact) mass is 548 g/mol. The standard InChI is InChI=1S/C28H42O3S.3C2H6/c1-19(18-32(30,31)22-7-5-4-6-8-22)24-11-12-25-23-10-9-20-17-21(29)13-15-27(20,2)26(23)14-16-28(24,25)3;3*1-2/h4-8,19-21,23-26,29H,9-18H2,1-3H3;3*1-2H3/t19-,20?,21?,23?,24?,25?,26?,27?,28?;;;/m1.../s1. The molecule has 220 valence electrons. The summed E-state index contributed by atoms with van der Waals surface area (Å²) in [7, 11) is -3.24. The largest absolute Gasteiger partial charge is 0.393 e. The van der Waals surface area contributed by atoms with E-state index in [4.69, 9.17) is 0 Å². The molecule has 4 aliphatic carbocycles. The zero-order chi connectivity index (χ0) is 28.7. The van der Waals surface area contributed by atoms with Gasteiger partial charge in [-0.2, -0.15) is 0 Å². The Balaban J connectivity index is 0.000000791. The van der Waals surface area contributed by atoms with Gasteiger partial charge in [0.05, 0.1) is 16.8 Å². The molecule has 5 rings (SSSR count). The first-order chi connectivity index (χ1) is 18.1. The Kier molecular flexibility index (Phi) is 12.4. The van der Waals surface area contributed by atoms with Crippen molar-refractivity contribution in [3.8, 4) is 0 Å². The second kappa shape index (κ2) is 14.2. The summed E-state index contributed by atoms with van der Waals surface area (Å²) >= 11 is 0. The molecule has 4 aliphatic rings. The normalized spacial score (nSPS) is 38.3. The van der Waals surface area contributed by atoms with E-state index < -0.39 is 9.84 Å². The highest BCUT2D eigenvalue weighted by Crippen LogP contribution is 2.68. The summed E-state index contributed by atoms with van der Waals surface area (Å²) in [6.07, 6.45) is 10.7. The first kappa shape index (κ1) is 33.3. The number of sulfone groups is 1. The Hall–Kier alpha value is -0.870. The van der Waals surface area contributed by atoms with Crippen molar-refractivity contribution in [3.63, 3.8) is 0 Å². The average molecular weight is 549 g/mol. The molecular formula is C34H60O3S. The van der Waals surface area contributed by atoms with Crippen molar-refractivity contribution in [2.45, 2.75) is 131 Å². The van der Waals surface area contributed by atoms with Crippen molar-refractivity contribution in [2.24, 2.45) is 46.3 Å². The van der Waals surface area contributed by atoms with Crippen molar-refractivity contribution in [3.05, 3.63) is 30.3 Å². The van der Waals surface area contributed by atoms with Gasteiger partial charge in [0.1, 0.15) is 0 Å². The van der Waals surface area contributed by atoms with Crippen LogP contribution < -0.4 is 0 Å². The predicted octanol–water partition coefficient (Wildman–Crippen LogP) is 9.19. The maximum atomic E-state index is 13.1. The lowest BCUT2D eigenvalue weighted by molar-refractivity contribution is -0.128.